The van der Waals surface area contributed by atoms with Crippen LogP contribution in [0.3, 0.4) is 0 Å². The van der Waals surface area contributed by atoms with E-state index in [2.05, 4.69) is 24.7 Å². The minimum absolute atomic E-state index is 0.671. The Hall–Kier alpha value is -2.84. The van der Waals surface area contributed by atoms with Gasteiger partial charge in [0.05, 0.1) is 12.1 Å². The molecule has 1 aromatic heterocycles. The largest absolute Gasteiger partial charge is 0.505 e. The second kappa shape index (κ2) is 10.1. The quantitative estimate of drug-likeness (QED) is 0.461. The summed E-state index contributed by atoms with van der Waals surface area (Å²) in [5.41, 5.74) is 10.6. The zero-order chi connectivity index (χ0) is 21.6. The first kappa shape index (κ1) is 22.4. The van der Waals surface area contributed by atoms with Crippen molar-refractivity contribution >= 4 is 22.6 Å². The molecule has 2 atom stereocenters. The highest BCUT2D eigenvalue weighted by atomic mass is 16.6. The minimum Gasteiger partial charge on any atom is -0.505 e. The van der Waals surface area contributed by atoms with Crippen LogP contribution in [0.5, 0.6) is 0 Å². The number of rotatable bonds is 6. The lowest BCUT2D eigenvalue weighted by Crippen LogP contribution is -2.31. The molecule has 158 valence electrons. The molecule has 3 rings (SSSR count). The number of aromatic nitrogens is 1. The third-order valence-electron chi connectivity index (χ3n) is 4.72. The number of benzene rings is 1. The van der Waals surface area contributed by atoms with E-state index in [9.17, 15) is 4.79 Å². The lowest BCUT2D eigenvalue weighted by molar-refractivity contribution is -0.147. The molecule has 1 aliphatic rings. The molecule has 1 aromatic carbocycles. The van der Waals surface area contributed by atoms with E-state index in [0.29, 0.717) is 0 Å². The fraction of sp³-hybridized carbons (Fsp3) is 0.429. The molecule has 0 amide bonds. The third kappa shape index (κ3) is 4.96. The number of cyclic esters (lactones) is 1. The van der Waals surface area contributed by atoms with Crippen molar-refractivity contribution in [1.29, 1.82) is 0 Å². The van der Waals surface area contributed by atoms with E-state index in [0.717, 1.165) is 29.4 Å². The second-order valence-corrected chi connectivity index (χ2v) is 6.73. The van der Waals surface area contributed by atoms with Gasteiger partial charge in [0.25, 0.3) is 0 Å². The predicted octanol–water partition coefficient (Wildman–Crippen LogP) is 2.31. The van der Waals surface area contributed by atoms with Crippen LogP contribution in [0.15, 0.2) is 35.8 Å². The van der Waals surface area contributed by atoms with Crippen molar-refractivity contribution in [1.82, 2.24) is 4.98 Å². The number of nitrogen functional groups attached to an aromatic ring is 1. The molecule has 29 heavy (non-hydrogen) atoms. The fourth-order valence-electron chi connectivity index (χ4n) is 3.10. The molecule has 0 aliphatic carbocycles. The number of pyridine rings is 1. The Kier molecular flexibility index (Phi) is 7.81. The maximum absolute atomic E-state index is 10.5. The summed E-state index contributed by atoms with van der Waals surface area (Å²) in [6.45, 7) is 3.68. The van der Waals surface area contributed by atoms with Crippen molar-refractivity contribution in [3.05, 3.63) is 47.0 Å². The van der Waals surface area contributed by atoms with Gasteiger partial charge in [-0.25, -0.2) is 4.79 Å². The monoisotopic (exact) mass is 404 g/mol. The Morgan fingerprint density at radius 1 is 1.24 bits per heavy atom. The van der Waals surface area contributed by atoms with E-state index < -0.39 is 36.3 Å². The number of esters is 1. The summed E-state index contributed by atoms with van der Waals surface area (Å²) in [6.07, 6.45) is 1.59. The van der Waals surface area contributed by atoms with E-state index in [1.165, 1.54) is 24.1 Å². The Balaban J connectivity index is 0.000000221. The molecule has 2 unspecified atom stereocenters. The highest BCUT2D eigenvalue weighted by Crippen LogP contribution is 2.27. The van der Waals surface area contributed by atoms with Crippen molar-refractivity contribution in [3.63, 3.8) is 0 Å². The smallest absolute Gasteiger partial charge is 0.377 e. The molecule has 0 saturated heterocycles. The lowest BCUT2D eigenvalue weighted by atomic mass is 10.0. The van der Waals surface area contributed by atoms with Crippen LogP contribution in [-0.4, -0.2) is 50.2 Å². The highest BCUT2D eigenvalue weighted by Gasteiger charge is 2.38. The molecule has 8 heteroatoms. The molecule has 1 aliphatic heterocycles. The van der Waals surface area contributed by atoms with Crippen molar-refractivity contribution in [3.8, 4) is 0 Å². The van der Waals surface area contributed by atoms with E-state index >= 15 is 0 Å². The van der Waals surface area contributed by atoms with Crippen molar-refractivity contribution in [2.24, 2.45) is 0 Å². The highest BCUT2D eigenvalue weighted by molar-refractivity contribution is 5.92. The first-order chi connectivity index (χ1) is 13.8. The van der Waals surface area contributed by atoms with Crippen LogP contribution < -0.4 is 5.73 Å². The second-order valence-electron chi connectivity index (χ2n) is 6.73. The summed E-state index contributed by atoms with van der Waals surface area (Å²) in [7, 11) is 0. The molecule has 2 heterocycles. The SMILES string of the molecule is CCCCc1nc2ccccc2c(N)c1CC.O=C1OC(C(O)CO)C(O)=C1O. The number of carbonyl (C=O) groups is 1. The molecule has 6 N–H and O–H groups in total. The van der Waals surface area contributed by atoms with E-state index in [1.807, 2.05) is 18.2 Å². The fourth-order valence-corrected chi connectivity index (χ4v) is 3.10. The molecule has 8 nitrogen and oxygen atoms in total. The zero-order valence-corrected chi connectivity index (χ0v) is 16.6. The number of fused-ring (bicyclic) bond motifs is 1. The van der Waals surface area contributed by atoms with E-state index in [-0.39, 0.29) is 0 Å². The first-order valence-electron chi connectivity index (χ1n) is 9.63. The number of hydrogen-bond acceptors (Lipinski definition) is 8. The van der Waals surface area contributed by atoms with Crippen LogP contribution in [0.1, 0.15) is 37.9 Å². The maximum Gasteiger partial charge on any atom is 0.377 e. The predicted molar refractivity (Wildman–Crippen MR) is 109 cm³/mol. The number of aliphatic hydroxyl groups is 4. The molecule has 0 saturated carbocycles. The summed E-state index contributed by atoms with van der Waals surface area (Å²) in [5, 5.41) is 36.1. The summed E-state index contributed by atoms with van der Waals surface area (Å²) >= 11 is 0. The molecule has 0 bridgehead atoms. The Morgan fingerprint density at radius 2 is 1.93 bits per heavy atom. The van der Waals surface area contributed by atoms with Crippen LogP contribution in [0, 0.1) is 0 Å². The third-order valence-corrected chi connectivity index (χ3v) is 4.72. The minimum atomic E-state index is -1.42. The summed E-state index contributed by atoms with van der Waals surface area (Å²) in [4.78, 5) is 15.3. The topological polar surface area (TPSA) is 146 Å². The van der Waals surface area contributed by atoms with Crippen LogP contribution in [0.4, 0.5) is 5.69 Å². The number of carbonyl (C=O) groups excluding carboxylic acids is 1. The lowest BCUT2D eigenvalue weighted by Gasteiger charge is -2.13. The number of ether oxygens (including phenoxy) is 1. The van der Waals surface area contributed by atoms with Crippen molar-refractivity contribution in [2.75, 3.05) is 12.3 Å². The number of nitrogens with two attached hydrogens (primary N) is 1. The van der Waals surface area contributed by atoms with Gasteiger partial charge in [-0.15, -0.1) is 0 Å². The molecule has 2 aromatic rings. The van der Waals surface area contributed by atoms with E-state index in [1.54, 1.807) is 0 Å². The summed E-state index contributed by atoms with van der Waals surface area (Å²) < 4.78 is 4.32. The van der Waals surface area contributed by atoms with Crippen LogP contribution in [0.2, 0.25) is 0 Å². The van der Waals surface area contributed by atoms with Gasteiger partial charge >= 0.3 is 5.97 Å². The van der Waals surface area contributed by atoms with Gasteiger partial charge in [-0.05, 0) is 30.9 Å². The standard InChI is InChI=1S/C15H20N2.C6H8O6/c1-3-5-9-13-11(4-2)15(16)12-8-6-7-10-14(12)17-13;7-1-2(8)5-3(9)4(10)6(11)12-5/h6-8,10H,3-5,9H2,1-2H3,(H2,16,17);2,5,7-10H,1H2. The van der Waals surface area contributed by atoms with Crippen LogP contribution in [0.25, 0.3) is 10.9 Å². The molecular weight excluding hydrogens is 376 g/mol. The van der Waals surface area contributed by atoms with Gasteiger partial charge in [-0.1, -0.05) is 38.5 Å². The number of aryl methyl sites for hydroxylation is 1. The number of nitrogens with zero attached hydrogens (tertiary/aromatic N) is 1. The van der Waals surface area contributed by atoms with Gasteiger partial charge in [-0.3, -0.25) is 4.98 Å². The number of anilines is 1. The molecule has 0 spiro atoms. The van der Waals surface area contributed by atoms with Gasteiger partial charge < -0.3 is 30.9 Å². The summed E-state index contributed by atoms with van der Waals surface area (Å²) in [5.74, 6) is -2.78. The number of hydrogen-bond donors (Lipinski definition) is 5. The number of aliphatic hydroxyl groups excluding tert-OH is 4. The van der Waals surface area contributed by atoms with Crippen LogP contribution in [-0.2, 0) is 22.4 Å². The molecule has 0 radical (unpaired) electrons. The Bertz CT molecular complexity index is 896. The van der Waals surface area contributed by atoms with Gasteiger partial charge in [0.15, 0.2) is 11.9 Å². The van der Waals surface area contributed by atoms with E-state index in [4.69, 9.17) is 31.1 Å². The number of unbranched alkanes of at least 4 members (excludes halogenated alkanes) is 1. The summed E-state index contributed by atoms with van der Waals surface area (Å²) in [6, 6.07) is 8.14. The average Bonchev–Trinajstić information content (AvgIpc) is 2.99. The maximum atomic E-state index is 10.5. The van der Waals surface area contributed by atoms with Gasteiger partial charge in [0.1, 0.15) is 6.10 Å². The normalized spacial score (nSPS) is 17.1. The molecular formula is C21H28N2O6. The number of para-hydroxylation sites is 1. The molecule has 0 fully saturated rings. The van der Waals surface area contributed by atoms with Crippen LogP contribution >= 0.6 is 0 Å². The first-order valence-corrected chi connectivity index (χ1v) is 9.63. The van der Waals surface area contributed by atoms with Crippen molar-refractivity contribution in [2.45, 2.75) is 51.7 Å². The van der Waals surface area contributed by atoms with Crippen molar-refractivity contribution < 1.29 is 30.0 Å². The Labute approximate surface area is 169 Å². The zero-order valence-electron chi connectivity index (χ0n) is 16.6. The Morgan fingerprint density at radius 3 is 2.48 bits per heavy atom. The van der Waals surface area contributed by atoms with Gasteiger partial charge in [0, 0.05) is 16.8 Å². The van der Waals surface area contributed by atoms with Gasteiger partial charge in [-0.2, -0.15) is 0 Å². The van der Waals surface area contributed by atoms with Gasteiger partial charge in [0.2, 0.25) is 5.76 Å². The average molecular weight is 404 g/mol.